The number of hydrogen-bond donors (Lipinski definition) is 0. The minimum atomic E-state index is 0.788. The van der Waals surface area contributed by atoms with Gasteiger partial charge < -0.3 is 9.64 Å². The second-order valence-electron chi connectivity index (χ2n) is 4.25. The van der Waals surface area contributed by atoms with Crippen LogP contribution in [-0.4, -0.2) is 36.5 Å². The molecule has 4 heteroatoms. The van der Waals surface area contributed by atoms with E-state index in [1.54, 1.807) is 0 Å². The first-order valence-corrected chi connectivity index (χ1v) is 5.91. The molecule has 1 saturated heterocycles. The largest absolute Gasteiger partial charge is 0.378 e. The second-order valence-corrected chi connectivity index (χ2v) is 4.25. The maximum absolute atomic E-state index is 5.40. The third-order valence-electron chi connectivity index (χ3n) is 3.14. The van der Waals surface area contributed by atoms with Gasteiger partial charge in [-0.3, -0.25) is 0 Å². The fourth-order valence-corrected chi connectivity index (χ4v) is 2.32. The number of hydrogen-bond acceptors (Lipinski definition) is 4. The van der Waals surface area contributed by atoms with Gasteiger partial charge in [0.2, 0.25) is 0 Å². The lowest BCUT2D eigenvalue weighted by molar-refractivity contribution is 0.122. The summed E-state index contributed by atoms with van der Waals surface area (Å²) in [7, 11) is 0. The van der Waals surface area contributed by atoms with Crippen LogP contribution >= 0.6 is 0 Å². The molecular weight excluding hydrogens is 214 g/mol. The Balaban J connectivity index is 2.15. The maximum atomic E-state index is 5.40. The SMILES string of the molecule is Cc1nnc2ccccc2c1N1CCOCC1. The molecule has 0 radical (unpaired) electrons. The van der Waals surface area contributed by atoms with Crippen LogP contribution < -0.4 is 4.90 Å². The maximum Gasteiger partial charge on any atom is 0.0950 e. The van der Waals surface area contributed by atoms with Crippen LogP contribution in [0, 0.1) is 6.92 Å². The van der Waals surface area contributed by atoms with Crippen LogP contribution in [0.1, 0.15) is 5.69 Å². The molecule has 1 aliphatic heterocycles. The topological polar surface area (TPSA) is 38.2 Å². The summed E-state index contributed by atoms with van der Waals surface area (Å²) >= 11 is 0. The predicted octanol–water partition coefficient (Wildman–Crippen LogP) is 1.77. The van der Waals surface area contributed by atoms with Crippen LogP contribution in [0.4, 0.5) is 5.69 Å². The summed E-state index contributed by atoms with van der Waals surface area (Å²) in [6.07, 6.45) is 0. The van der Waals surface area contributed by atoms with Crippen LogP contribution in [0.3, 0.4) is 0 Å². The Labute approximate surface area is 100 Å². The molecule has 0 bridgehead atoms. The van der Waals surface area contributed by atoms with Gasteiger partial charge in [-0.15, -0.1) is 0 Å². The lowest BCUT2D eigenvalue weighted by Gasteiger charge is -2.30. The molecule has 1 aromatic heterocycles. The van der Waals surface area contributed by atoms with Crippen molar-refractivity contribution in [3.8, 4) is 0 Å². The Hall–Kier alpha value is -1.68. The van der Waals surface area contributed by atoms with Crippen LogP contribution in [0.25, 0.3) is 10.9 Å². The molecule has 4 nitrogen and oxygen atoms in total. The van der Waals surface area contributed by atoms with E-state index in [2.05, 4.69) is 21.2 Å². The molecule has 88 valence electrons. The van der Waals surface area contributed by atoms with Gasteiger partial charge in [-0.1, -0.05) is 18.2 Å². The summed E-state index contributed by atoms with van der Waals surface area (Å²) < 4.78 is 5.40. The van der Waals surface area contributed by atoms with E-state index in [4.69, 9.17) is 4.74 Å². The molecule has 0 saturated carbocycles. The zero-order valence-electron chi connectivity index (χ0n) is 9.89. The number of anilines is 1. The number of nitrogens with zero attached hydrogens (tertiary/aromatic N) is 3. The average Bonchev–Trinajstić information content (AvgIpc) is 2.39. The van der Waals surface area contributed by atoms with Crippen LogP contribution in [-0.2, 0) is 4.74 Å². The van der Waals surface area contributed by atoms with Gasteiger partial charge in [-0.05, 0) is 13.0 Å². The molecular formula is C13H15N3O. The van der Waals surface area contributed by atoms with E-state index >= 15 is 0 Å². The number of fused-ring (bicyclic) bond motifs is 1. The number of aryl methyl sites for hydroxylation is 1. The minimum absolute atomic E-state index is 0.788. The summed E-state index contributed by atoms with van der Waals surface area (Å²) in [4.78, 5) is 2.34. The van der Waals surface area contributed by atoms with Crippen molar-refractivity contribution in [1.29, 1.82) is 0 Å². The Morgan fingerprint density at radius 1 is 1.12 bits per heavy atom. The summed E-state index contributed by atoms with van der Waals surface area (Å²) in [5.74, 6) is 0. The highest BCUT2D eigenvalue weighted by Crippen LogP contribution is 2.28. The van der Waals surface area contributed by atoms with E-state index in [0.29, 0.717) is 0 Å². The molecule has 1 aliphatic rings. The highest BCUT2D eigenvalue weighted by molar-refractivity contribution is 5.92. The third-order valence-corrected chi connectivity index (χ3v) is 3.14. The molecule has 17 heavy (non-hydrogen) atoms. The molecule has 0 N–H and O–H groups in total. The minimum Gasteiger partial charge on any atom is -0.378 e. The Bertz CT molecular complexity index is 535. The first-order valence-electron chi connectivity index (χ1n) is 5.91. The van der Waals surface area contributed by atoms with Crippen molar-refractivity contribution in [3.63, 3.8) is 0 Å². The van der Waals surface area contributed by atoms with Crippen LogP contribution in [0.5, 0.6) is 0 Å². The van der Waals surface area contributed by atoms with E-state index in [-0.39, 0.29) is 0 Å². The number of aromatic nitrogens is 2. The van der Waals surface area contributed by atoms with Gasteiger partial charge >= 0.3 is 0 Å². The van der Waals surface area contributed by atoms with E-state index in [0.717, 1.165) is 37.5 Å². The molecule has 3 rings (SSSR count). The third kappa shape index (κ3) is 1.85. The van der Waals surface area contributed by atoms with E-state index in [9.17, 15) is 0 Å². The Kier molecular flexibility index (Phi) is 2.65. The molecule has 2 aromatic rings. The van der Waals surface area contributed by atoms with Crippen molar-refractivity contribution in [2.45, 2.75) is 6.92 Å². The second kappa shape index (κ2) is 4.30. The molecule has 0 atom stereocenters. The smallest absolute Gasteiger partial charge is 0.0950 e. The summed E-state index contributed by atoms with van der Waals surface area (Å²) in [6.45, 7) is 5.45. The van der Waals surface area contributed by atoms with Crippen molar-refractivity contribution in [3.05, 3.63) is 30.0 Å². The number of morpholine rings is 1. The first kappa shape index (κ1) is 10.5. The molecule has 0 spiro atoms. The van der Waals surface area contributed by atoms with Gasteiger partial charge in [-0.25, -0.2) is 0 Å². The Morgan fingerprint density at radius 3 is 2.71 bits per heavy atom. The van der Waals surface area contributed by atoms with Gasteiger partial charge in [0.25, 0.3) is 0 Å². The van der Waals surface area contributed by atoms with E-state index in [1.807, 2.05) is 25.1 Å². The van der Waals surface area contributed by atoms with Crippen LogP contribution in [0.15, 0.2) is 24.3 Å². The molecule has 1 fully saturated rings. The molecule has 0 aliphatic carbocycles. The predicted molar refractivity (Wildman–Crippen MR) is 67.3 cm³/mol. The number of rotatable bonds is 1. The monoisotopic (exact) mass is 229 g/mol. The summed E-state index contributed by atoms with van der Waals surface area (Å²) in [5.41, 5.74) is 3.16. The zero-order chi connectivity index (χ0) is 11.7. The lowest BCUT2D eigenvalue weighted by atomic mass is 10.1. The highest BCUT2D eigenvalue weighted by atomic mass is 16.5. The summed E-state index contributed by atoms with van der Waals surface area (Å²) in [5, 5.41) is 9.66. The molecule has 1 aromatic carbocycles. The fourth-order valence-electron chi connectivity index (χ4n) is 2.32. The van der Waals surface area contributed by atoms with Gasteiger partial charge in [0.15, 0.2) is 0 Å². The van der Waals surface area contributed by atoms with E-state index < -0.39 is 0 Å². The quantitative estimate of drug-likeness (QED) is 0.747. The molecule has 2 heterocycles. The van der Waals surface area contributed by atoms with Crippen molar-refractivity contribution >= 4 is 16.6 Å². The van der Waals surface area contributed by atoms with Crippen LogP contribution in [0.2, 0.25) is 0 Å². The average molecular weight is 229 g/mol. The van der Waals surface area contributed by atoms with Gasteiger partial charge in [0.05, 0.1) is 30.1 Å². The van der Waals surface area contributed by atoms with Gasteiger partial charge in [-0.2, -0.15) is 10.2 Å². The number of benzene rings is 1. The molecule has 0 amide bonds. The Morgan fingerprint density at radius 2 is 1.88 bits per heavy atom. The van der Waals surface area contributed by atoms with Gasteiger partial charge in [0, 0.05) is 18.5 Å². The normalized spacial score (nSPS) is 16.4. The van der Waals surface area contributed by atoms with Gasteiger partial charge in [0.1, 0.15) is 0 Å². The number of ether oxygens (including phenoxy) is 1. The standard InChI is InChI=1S/C13H15N3O/c1-10-13(16-6-8-17-9-7-16)11-4-2-3-5-12(11)15-14-10/h2-5H,6-9H2,1H3. The lowest BCUT2D eigenvalue weighted by Crippen LogP contribution is -2.37. The van der Waals surface area contributed by atoms with E-state index in [1.165, 1.54) is 11.1 Å². The molecule has 0 unspecified atom stereocenters. The fraction of sp³-hybridized carbons (Fsp3) is 0.385. The van der Waals surface area contributed by atoms with Crippen molar-refractivity contribution in [2.75, 3.05) is 31.2 Å². The van der Waals surface area contributed by atoms with Crippen molar-refractivity contribution < 1.29 is 4.74 Å². The highest BCUT2D eigenvalue weighted by Gasteiger charge is 2.17. The summed E-state index contributed by atoms with van der Waals surface area (Å²) in [6, 6.07) is 8.16. The van der Waals surface area contributed by atoms with Crippen molar-refractivity contribution in [2.24, 2.45) is 0 Å². The van der Waals surface area contributed by atoms with Crippen molar-refractivity contribution in [1.82, 2.24) is 10.2 Å². The first-order chi connectivity index (χ1) is 8.36. The zero-order valence-corrected chi connectivity index (χ0v) is 9.89.